The lowest BCUT2D eigenvalue weighted by Gasteiger charge is -2.50. The topological polar surface area (TPSA) is 15.3 Å². The minimum Gasteiger partial charge on any atom is -0.311 e. The van der Waals surface area contributed by atoms with Gasteiger partial charge in [0.2, 0.25) is 0 Å². The highest BCUT2D eigenvalue weighted by Crippen LogP contribution is 2.44. The van der Waals surface area contributed by atoms with Gasteiger partial charge in [-0.3, -0.25) is 0 Å². The van der Waals surface area contributed by atoms with Gasteiger partial charge in [0.1, 0.15) is 0 Å². The highest BCUT2D eigenvalue weighted by molar-refractivity contribution is 5.33. The Morgan fingerprint density at radius 2 is 1.81 bits per heavy atom. The molecule has 0 radical (unpaired) electrons. The largest absolute Gasteiger partial charge is 0.311 e. The Morgan fingerprint density at radius 1 is 1.19 bits per heavy atom. The van der Waals surface area contributed by atoms with E-state index >= 15 is 0 Å². The molecule has 0 aliphatic heterocycles. The summed E-state index contributed by atoms with van der Waals surface area (Å²) in [6.45, 7) is 6.82. The molecule has 0 aromatic heterocycles. The van der Waals surface area contributed by atoms with Gasteiger partial charge in [-0.2, -0.15) is 0 Å². The molecule has 1 aromatic rings. The van der Waals surface area contributed by atoms with Crippen molar-refractivity contribution < 1.29 is 0 Å². The van der Waals surface area contributed by atoms with Gasteiger partial charge in [-0.1, -0.05) is 49.1 Å². The van der Waals surface area contributed by atoms with Crippen molar-refractivity contribution in [2.24, 2.45) is 5.92 Å². The van der Waals surface area contributed by atoms with Gasteiger partial charge < -0.3 is 10.2 Å². The lowest BCUT2D eigenvalue weighted by atomic mass is 9.69. The Bertz CT molecular complexity index is 460. The Hall–Kier alpha value is -0.860. The first-order valence-corrected chi connectivity index (χ1v) is 8.32. The van der Waals surface area contributed by atoms with Crippen LogP contribution in [0.3, 0.4) is 0 Å². The Kier molecular flexibility index (Phi) is 5.11. The molecule has 0 heterocycles. The first kappa shape index (κ1) is 16.5. The minimum absolute atomic E-state index is 0.229. The second kappa shape index (κ2) is 6.50. The van der Waals surface area contributed by atoms with Gasteiger partial charge in [-0.25, -0.2) is 0 Å². The van der Waals surface area contributed by atoms with Gasteiger partial charge in [-0.15, -0.1) is 0 Å². The van der Waals surface area contributed by atoms with Crippen LogP contribution in [0.1, 0.15) is 55.3 Å². The van der Waals surface area contributed by atoms with Gasteiger partial charge in [-0.05, 0) is 59.3 Å². The van der Waals surface area contributed by atoms with E-state index in [4.69, 9.17) is 0 Å². The van der Waals surface area contributed by atoms with E-state index in [1.165, 1.54) is 42.4 Å². The second-order valence-corrected chi connectivity index (χ2v) is 7.34. The van der Waals surface area contributed by atoms with Crippen LogP contribution >= 0.6 is 0 Å². The number of nitrogens with one attached hydrogen (secondary N) is 1. The third kappa shape index (κ3) is 3.32. The summed E-state index contributed by atoms with van der Waals surface area (Å²) >= 11 is 0. The third-order valence-corrected chi connectivity index (χ3v) is 5.30. The monoisotopic (exact) mass is 288 g/mol. The molecule has 0 spiro atoms. The average Bonchev–Trinajstić information content (AvgIpc) is 2.38. The highest BCUT2D eigenvalue weighted by Gasteiger charge is 2.43. The predicted molar refractivity (Wildman–Crippen MR) is 91.8 cm³/mol. The lowest BCUT2D eigenvalue weighted by Crippen LogP contribution is -2.55. The highest BCUT2D eigenvalue weighted by atomic mass is 15.2. The summed E-state index contributed by atoms with van der Waals surface area (Å²) in [7, 11) is 6.63. The normalized spacial score (nSPS) is 27.9. The van der Waals surface area contributed by atoms with Crippen LogP contribution in [-0.4, -0.2) is 31.6 Å². The molecule has 2 nitrogen and oxygen atoms in total. The molecule has 1 aromatic carbocycles. The maximum atomic E-state index is 3.64. The lowest BCUT2D eigenvalue weighted by molar-refractivity contribution is 0.0393. The summed E-state index contributed by atoms with van der Waals surface area (Å²) < 4.78 is 0. The van der Waals surface area contributed by atoms with Gasteiger partial charge in [0.15, 0.2) is 0 Å². The fourth-order valence-electron chi connectivity index (χ4n) is 4.41. The van der Waals surface area contributed by atoms with Gasteiger partial charge in [0.05, 0.1) is 6.04 Å². The van der Waals surface area contributed by atoms with Crippen LogP contribution in [0.2, 0.25) is 0 Å². The SMILES string of the molecule is CNC(c1cc(C)cc(C)c1)C1(N(C)C)CCCC(C)C1. The zero-order valence-corrected chi connectivity index (χ0v) is 14.7. The molecule has 2 rings (SSSR count). The summed E-state index contributed by atoms with van der Waals surface area (Å²) in [6.07, 6.45) is 5.27. The summed E-state index contributed by atoms with van der Waals surface area (Å²) in [5.74, 6) is 0.808. The minimum atomic E-state index is 0.229. The maximum absolute atomic E-state index is 3.64. The van der Waals surface area contributed by atoms with Crippen LogP contribution in [0.4, 0.5) is 0 Å². The van der Waals surface area contributed by atoms with Crippen molar-refractivity contribution in [1.82, 2.24) is 10.2 Å². The third-order valence-electron chi connectivity index (χ3n) is 5.30. The van der Waals surface area contributed by atoms with Crippen LogP contribution in [-0.2, 0) is 0 Å². The Morgan fingerprint density at radius 3 is 2.29 bits per heavy atom. The van der Waals surface area contributed by atoms with E-state index in [1.54, 1.807) is 0 Å². The van der Waals surface area contributed by atoms with Crippen molar-refractivity contribution >= 4 is 0 Å². The van der Waals surface area contributed by atoms with Gasteiger partial charge in [0.25, 0.3) is 0 Å². The fraction of sp³-hybridized carbons (Fsp3) is 0.684. The molecule has 3 unspecified atom stereocenters. The van der Waals surface area contributed by atoms with Crippen LogP contribution in [0.5, 0.6) is 0 Å². The van der Waals surface area contributed by atoms with E-state index < -0.39 is 0 Å². The van der Waals surface area contributed by atoms with E-state index in [1.807, 2.05) is 0 Å². The number of hydrogen-bond donors (Lipinski definition) is 1. The van der Waals surface area contributed by atoms with E-state index in [9.17, 15) is 0 Å². The van der Waals surface area contributed by atoms with Crippen molar-refractivity contribution in [2.75, 3.05) is 21.1 Å². The van der Waals surface area contributed by atoms with Crippen molar-refractivity contribution in [3.8, 4) is 0 Å². The standard InChI is InChI=1S/C19H32N2/c1-14-8-7-9-19(13-14,21(5)6)18(20-4)17-11-15(2)10-16(3)12-17/h10-12,14,18,20H,7-9,13H2,1-6H3. The van der Waals surface area contributed by atoms with Crippen molar-refractivity contribution in [1.29, 1.82) is 0 Å². The van der Waals surface area contributed by atoms with Gasteiger partial charge >= 0.3 is 0 Å². The number of nitrogens with zero attached hydrogens (tertiary/aromatic N) is 1. The summed E-state index contributed by atoms with van der Waals surface area (Å²) in [5.41, 5.74) is 4.40. The molecule has 0 amide bonds. The predicted octanol–water partition coefficient (Wildman–Crippen LogP) is 4.07. The van der Waals surface area contributed by atoms with Gasteiger partial charge in [0, 0.05) is 5.54 Å². The summed E-state index contributed by atoms with van der Waals surface area (Å²) in [4.78, 5) is 2.47. The number of benzene rings is 1. The zero-order valence-electron chi connectivity index (χ0n) is 14.7. The number of rotatable bonds is 4. The Labute approximate surface area is 130 Å². The van der Waals surface area contributed by atoms with Crippen LogP contribution in [0.25, 0.3) is 0 Å². The number of aryl methyl sites for hydroxylation is 2. The molecule has 3 atom stereocenters. The molecule has 2 heteroatoms. The van der Waals surface area contributed by atoms with E-state index in [0.29, 0.717) is 6.04 Å². The van der Waals surface area contributed by atoms with E-state index in [2.05, 4.69) is 70.3 Å². The summed E-state index contributed by atoms with van der Waals surface area (Å²) in [5, 5.41) is 3.64. The molecule has 0 saturated heterocycles. The van der Waals surface area contributed by atoms with Crippen LogP contribution in [0.15, 0.2) is 18.2 Å². The first-order valence-electron chi connectivity index (χ1n) is 8.32. The van der Waals surface area contributed by atoms with Crippen molar-refractivity contribution in [3.05, 3.63) is 34.9 Å². The smallest absolute Gasteiger partial charge is 0.0504 e. The molecule has 118 valence electrons. The van der Waals surface area contributed by atoms with Crippen molar-refractivity contribution in [2.45, 2.75) is 58.0 Å². The quantitative estimate of drug-likeness (QED) is 0.898. The fourth-order valence-corrected chi connectivity index (χ4v) is 4.41. The molecule has 21 heavy (non-hydrogen) atoms. The van der Waals surface area contributed by atoms with Crippen molar-refractivity contribution in [3.63, 3.8) is 0 Å². The Balaban J connectivity index is 2.44. The first-order chi connectivity index (χ1) is 9.89. The van der Waals surface area contributed by atoms with Crippen LogP contribution in [0, 0.1) is 19.8 Å². The molecule has 1 N–H and O–H groups in total. The molecule has 1 aliphatic carbocycles. The number of hydrogen-bond acceptors (Lipinski definition) is 2. The van der Waals surface area contributed by atoms with E-state index in [0.717, 1.165) is 5.92 Å². The molecule has 1 aliphatic rings. The molecular formula is C19H32N2. The second-order valence-electron chi connectivity index (χ2n) is 7.34. The van der Waals surface area contributed by atoms with E-state index in [-0.39, 0.29) is 5.54 Å². The average molecular weight is 288 g/mol. The summed E-state index contributed by atoms with van der Waals surface area (Å²) in [6, 6.07) is 7.38. The molecular weight excluding hydrogens is 256 g/mol. The molecule has 1 saturated carbocycles. The number of likely N-dealkylation sites (N-methyl/N-ethyl adjacent to an activating group) is 2. The molecule has 0 bridgehead atoms. The van der Waals surface area contributed by atoms with Crippen LogP contribution < -0.4 is 5.32 Å². The zero-order chi connectivity index (χ0) is 15.6. The molecule has 1 fully saturated rings. The maximum Gasteiger partial charge on any atom is 0.0504 e.